The van der Waals surface area contributed by atoms with Gasteiger partial charge in [-0.15, -0.1) is 5.10 Å². The maximum Gasteiger partial charge on any atom is 0.270 e. The van der Waals surface area contributed by atoms with Crippen LogP contribution in [0.15, 0.2) is 67.0 Å². The summed E-state index contributed by atoms with van der Waals surface area (Å²) in [5, 5.41) is 10.5. The molecule has 5 heterocycles. The van der Waals surface area contributed by atoms with E-state index in [2.05, 4.69) is 20.6 Å². The zero-order chi connectivity index (χ0) is 41.4. The number of benzene rings is 3. The standard InChI is InChI=1S/C44H45F3N8O4/c1-3-52(2)44(59)37-23-34-31(21-32(41(47)42(34)49-37)29-5-4-16-54(25-29)40(57)14-19-55-20-15-48-51-55)28-8-6-26(7-9-28)27-12-17-53(18-13-27)38-24-35(45)33(22-36(38)46)30-10-11-39(56)50-43(30)58/h5-9,15,20-24,27,30,49H,3-4,10-14,16-19,25H2,1-2H3,(H,50,56,58). The van der Waals surface area contributed by atoms with Gasteiger partial charge in [0.05, 0.1) is 29.9 Å². The molecule has 15 heteroatoms. The van der Waals surface area contributed by atoms with Crippen molar-refractivity contribution in [1.29, 1.82) is 0 Å². The predicted octanol–water partition coefficient (Wildman–Crippen LogP) is 6.55. The number of halogens is 3. The first-order valence-electron chi connectivity index (χ1n) is 20.1. The molecule has 0 radical (unpaired) electrons. The summed E-state index contributed by atoms with van der Waals surface area (Å²) >= 11 is 0. The summed E-state index contributed by atoms with van der Waals surface area (Å²) in [6.07, 6.45) is 7.61. The second kappa shape index (κ2) is 16.5. The van der Waals surface area contributed by atoms with Crippen LogP contribution in [0.5, 0.6) is 0 Å². The van der Waals surface area contributed by atoms with Crippen molar-refractivity contribution in [3.05, 3.63) is 107 Å². The van der Waals surface area contributed by atoms with Crippen molar-refractivity contribution in [2.75, 3.05) is 44.7 Å². The number of hydrogen-bond donors (Lipinski definition) is 2. The van der Waals surface area contributed by atoms with Gasteiger partial charge in [-0.3, -0.25) is 29.2 Å². The fourth-order valence-corrected chi connectivity index (χ4v) is 8.51. The average molecular weight is 807 g/mol. The van der Waals surface area contributed by atoms with E-state index in [1.807, 2.05) is 48.2 Å². The number of fused-ring (bicyclic) bond motifs is 1. The van der Waals surface area contributed by atoms with Crippen molar-refractivity contribution < 1.29 is 32.3 Å². The van der Waals surface area contributed by atoms with Crippen molar-refractivity contribution >= 4 is 45.8 Å². The minimum absolute atomic E-state index is 0.0458. The van der Waals surface area contributed by atoms with Crippen LogP contribution in [0.25, 0.3) is 27.6 Å². The molecule has 2 fully saturated rings. The van der Waals surface area contributed by atoms with Gasteiger partial charge in [-0.25, -0.2) is 13.2 Å². The van der Waals surface area contributed by atoms with E-state index < -0.39 is 35.2 Å². The number of carbonyl (C=O) groups is 4. The molecule has 8 rings (SSSR count). The van der Waals surface area contributed by atoms with Crippen molar-refractivity contribution in [2.24, 2.45) is 0 Å². The van der Waals surface area contributed by atoms with Crippen molar-refractivity contribution in [3.63, 3.8) is 0 Å². The Labute approximate surface area is 339 Å². The number of piperidine rings is 2. The highest BCUT2D eigenvalue weighted by Gasteiger charge is 2.32. The van der Waals surface area contributed by atoms with E-state index in [1.54, 1.807) is 40.0 Å². The van der Waals surface area contributed by atoms with Gasteiger partial charge in [0.15, 0.2) is 5.82 Å². The third-order valence-corrected chi connectivity index (χ3v) is 12.0. The molecule has 306 valence electrons. The van der Waals surface area contributed by atoms with Crippen molar-refractivity contribution in [2.45, 2.75) is 63.8 Å². The number of aromatic nitrogens is 4. The largest absolute Gasteiger partial charge is 0.369 e. The van der Waals surface area contributed by atoms with Gasteiger partial charge in [0.2, 0.25) is 17.7 Å². The molecular formula is C44H45F3N8O4. The Balaban J connectivity index is 1.02. The molecule has 3 aromatic carbocycles. The SMILES string of the molecule is CCN(C)C(=O)c1cc2c(-c3ccc(C4CCN(c5cc(F)c(C6CCC(=O)NC6=O)cc5F)CC4)cc3)cc(C3=CCCN(C(=O)CCn4ccnn4)C3)c(F)c2[nH]1. The zero-order valence-corrected chi connectivity index (χ0v) is 32.9. The van der Waals surface area contributed by atoms with E-state index in [1.165, 1.54) is 0 Å². The van der Waals surface area contributed by atoms with E-state index in [4.69, 9.17) is 0 Å². The first-order chi connectivity index (χ1) is 28.5. The van der Waals surface area contributed by atoms with Crippen LogP contribution in [0.2, 0.25) is 0 Å². The van der Waals surface area contributed by atoms with Gasteiger partial charge >= 0.3 is 0 Å². The number of hydrogen-bond acceptors (Lipinski definition) is 7. The number of H-pyrrole nitrogens is 1. The lowest BCUT2D eigenvalue weighted by atomic mass is 9.87. The lowest BCUT2D eigenvalue weighted by Crippen LogP contribution is -2.40. The molecule has 0 spiro atoms. The lowest BCUT2D eigenvalue weighted by molar-refractivity contribution is -0.134. The van der Waals surface area contributed by atoms with E-state index in [-0.39, 0.29) is 66.0 Å². The molecule has 0 aliphatic carbocycles. The van der Waals surface area contributed by atoms with Gasteiger partial charge in [-0.2, -0.15) is 0 Å². The van der Waals surface area contributed by atoms with Crippen LogP contribution in [0, 0.1) is 17.5 Å². The third kappa shape index (κ3) is 7.97. The number of anilines is 1. The third-order valence-electron chi connectivity index (χ3n) is 12.0. The molecular weight excluding hydrogens is 762 g/mol. The summed E-state index contributed by atoms with van der Waals surface area (Å²) < 4.78 is 49.0. The Hall–Kier alpha value is -6.25. The highest BCUT2D eigenvalue weighted by atomic mass is 19.1. The molecule has 2 aromatic heterocycles. The quantitative estimate of drug-likeness (QED) is 0.153. The van der Waals surface area contributed by atoms with Crippen molar-refractivity contribution in [1.82, 2.24) is 35.1 Å². The summed E-state index contributed by atoms with van der Waals surface area (Å²) in [5.41, 5.74) is 4.27. The van der Waals surface area contributed by atoms with E-state index in [0.717, 1.165) is 28.8 Å². The maximum absolute atomic E-state index is 16.6. The Bertz CT molecular complexity index is 2460. The van der Waals surface area contributed by atoms with Gasteiger partial charge in [0.1, 0.15) is 17.3 Å². The van der Waals surface area contributed by atoms with Gasteiger partial charge in [-0.05, 0) is 79.0 Å². The Morgan fingerprint density at radius 3 is 2.44 bits per heavy atom. The Morgan fingerprint density at radius 2 is 1.73 bits per heavy atom. The summed E-state index contributed by atoms with van der Waals surface area (Å²) in [7, 11) is 1.69. The van der Waals surface area contributed by atoms with E-state index >= 15 is 13.2 Å². The fourth-order valence-electron chi connectivity index (χ4n) is 8.51. The molecule has 59 heavy (non-hydrogen) atoms. The highest BCUT2D eigenvalue weighted by molar-refractivity contribution is 6.05. The molecule has 5 aromatic rings. The molecule has 3 aliphatic rings. The second-order valence-corrected chi connectivity index (χ2v) is 15.5. The molecule has 3 aliphatic heterocycles. The number of carbonyl (C=O) groups excluding carboxylic acids is 4. The smallest absolute Gasteiger partial charge is 0.270 e. The normalized spacial score (nSPS) is 17.6. The highest BCUT2D eigenvalue weighted by Crippen LogP contribution is 2.39. The summed E-state index contributed by atoms with van der Waals surface area (Å²) in [6.45, 7) is 4.47. The summed E-state index contributed by atoms with van der Waals surface area (Å²) in [5.74, 6) is -3.90. The average Bonchev–Trinajstić information content (AvgIpc) is 3.95. The fraction of sp³-hybridized carbons (Fsp3) is 0.364. The number of imide groups is 1. The van der Waals surface area contributed by atoms with E-state index in [0.29, 0.717) is 68.5 Å². The Morgan fingerprint density at radius 1 is 0.949 bits per heavy atom. The zero-order valence-electron chi connectivity index (χ0n) is 32.9. The van der Waals surface area contributed by atoms with E-state index in [9.17, 15) is 19.2 Å². The number of rotatable bonds is 10. The van der Waals surface area contributed by atoms with Gasteiger partial charge in [0, 0.05) is 81.4 Å². The van der Waals surface area contributed by atoms with Crippen LogP contribution in [-0.2, 0) is 20.9 Å². The Kier molecular flexibility index (Phi) is 11.1. The molecule has 0 saturated carbocycles. The summed E-state index contributed by atoms with van der Waals surface area (Å²) in [6, 6.07) is 13.8. The van der Waals surface area contributed by atoms with Crippen LogP contribution >= 0.6 is 0 Å². The van der Waals surface area contributed by atoms with Gasteiger partial charge < -0.3 is 19.7 Å². The van der Waals surface area contributed by atoms with Crippen LogP contribution < -0.4 is 10.2 Å². The number of aryl methyl sites for hydroxylation is 1. The van der Waals surface area contributed by atoms with Crippen LogP contribution in [-0.4, -0.2) is 93.2 Å². The molecule has 1 atom stereocenters. The lowest BCUT2D eigenvalue weighted by Gasteiger charge is -2.34. The number of amides is 4. The maximum atomic E-state index is 16.6. The molecule has 2 N–H and O–H groups in total. The van der Waals surface area contributed by atoms with Gasteiger partial charge in [-0.1, -0.05) is 35.6 Å². The van der Waals surface area contributed by atoms with Crippen LogP contribution in [0.4, 0.5) is 18.9 Å². The minimum atomic E-state index is -0.917. The summed E-state index contributed by atoms with van der Waals surface area (Å²) in [4.78, 5) is 58.6. The first kappa shape index (κ1) is 39.6. The predicted molar refractivity (Wildman–Crippen MR) is 216 cm³/mol. The van der Waals surface area contributed by atoms with Crippen molar-refractivity contribution in [3.8, 4) is 11.1 Å². The molecule has 4 amide bonds. The number of nitrogens with one attached hydrogen (secondary N) is 2. The number of nitrogens with zero attached hydrogens (tertiary/aromatic N) is 6. The van der Waals surface area contributed by atoms with Gasteiger partial charge in [0.25, 0.3) is 5.91 Å². The van der Waals surface area contributed by atoms with Crippen LogP contribution in [0.1, 0.15) is 84.5 Å². The number of aromatic amines is 1. The topological polar surface area (TPSA) is 137 Å². The minimum Gasteiger partial charge on any atom is -0.369 e. The first-order valence-corrected chi connectivity index (χ1v) is 20.1. The van der Waals surface area contributed by atoms with Crippen LogP contribution in [0.3, 0.4) is 0 Å². The molecule has 12 nitrogen and oxygen atoms in total. The molecule has 2 saturated heterocycles. The molecule has 1 unspecified atom stereocenters. The second-order valence-electron chi connectivity index (χ2n) is 15.5. The monoisotopic (exact) mass is 806 g/mol. The molecule has 0 bridgehead atoms.